The summed E-state index contributed by atoms with van der Waals surface area (Å²) in [6.07, 6.45) is 2.02. The highest BCUT2D eigenvalue weighted by molar-refractivity contribution is 5.92. The molecule has 1 aliphatic heterocycles. The molecule has 1 fully saturated rings. The first kappa shape index (κ1) is 16.5. The molecule has 1 aromatic heterocycles. The molecule has 1 atom stereocenters. The molecule has 0 bridgehead atoms. The number of amides is 1. The van der Waals surface area contributed by atoms with Gasteiger partial charge in [0.05, 0.1) is 6.10 Å². The van der Waals surface area contributed by atoms with E-state index >= 15 is 0 Å². The van der Waals surface area contributed by atoms with Gasteiger partial charge in [-0.25, -0.2) is 0 Å². The van der Waals surface area contributed by atoms with Crippen LogP contribution in [0, 0.1) is 6.92 Å². The minimum absolute atomic E-state index is 0.0459. The van der Waals surface area contributed by atoms with Gasteiger partial charge in [-0.05, 0) is 31.9 Å². The molecule has 2 aromatic rings. The van der Waals surface area contributed by atoms with Crippen molar-refractivity contribution in [2.24, 2.45) is 7.05 Å². The number of ether oxygens (including phenoxy) is 1. The number of benzene rings is 1. The zero-order valence-electron chi connectivity index (χ0n) is 14.1. The number of phenolic OH excluding ortho intramolecular Hbond substituents is 1. The largest absolute Gasteiger partial charge is 0.508 e. The van der Waals surface area contributed by atoms with E-state index in [9.17, 15) is 9.90 Å². The molecule has 0 radical (unpaired) electrons. The summed E-state index contributed by atoms with van der Waals surface area (Å²) in [5.74, 6) is 0.0531. The molecule has 0 spiro atoms. The van der Waals surface area contributed by atoms with Gasteiger partial charge < -0.3 is 14.7 Å². The van der Waals surface area contributed by atoms with E-state index < -0.39 is 0 Å². The summed E-state index contributed by atoms with van der Waals surface area (Å²) in [7, 11) is 1.82. The van der Waals surface area contributed by atoms with Gasteiger partial charge in [0, 0.05) is 38.0 Å². The molecule has 2 heterocycles. The molecule has 0 unspecified atom stereocenters. The van der Waals surface area contributed by atoms with Gasteiger partial charge in [-0.1, -0.05) is 18.2 Å². The number of phenols is 1. The fraction of sp³-hybridized carbons (Fsp3) is 0.444. The highest BCUT2D eigenvalue weighted by atomic mass is 16.5. The van der Waals surface area contributed by atoms with Crippen LogP contribution in [0.1, 0.15) is 34.6 Å². The van der Waals surface area contributed by atoms with Crippen LogP contribution >= 0.6 is 0 Å². The Morgan fingerprint density at radius 2 is 2.25 bits per heavy atom. The third-order valence-corrected chi connectivity index (χ3v) is 4.42. The number of rotatable bonds is 5. The van der Waals surface area contributed by atoms with Crippen molar-refractivity contribution in [2.45, 2.75) is 32.4 Å². The summed E-state index contributed by atoms with van der Waals surface area (Å²) in [4.78, 5) is 14.6. The Morgan fingerprint density at radius 1 is 1.46 bits per heavy atom. The lowest BCUT2D eigenvalue weighted by Gasteiger charge is -2.25. The molecule has 1 aliphatic rings. The fourth-order valence-corrected chi connectivity index (χ4v) is 2.93. The molecule has 24 heavy (non-hydrogen) atoms. The van der Waals surface area contributed by atoms with E-state index in [1.54, 1.807) is 27.8 Å². The number of aromatic hydroxyl groups is 1. The van der Waals surface area contributed by atoms with Crippen molar-refractivity contribution in [2.75, 3.05) is 13.2 Å². The molecule has 1 amide bonds. The normalized spacial score (nSPS) is 17.2. The Morgan fingerprint density at radius 3 is 2.88 bits per heavy atom. The van der Waals surface area contributed by atoms with Crippen LogP contribution in [0.4, 0.5) is 0 Å². The minimum Gasteiger partial charge on any atom is -0.508 e. The molecule has 3 rings (SSSR count). The molecule has 1 N–H and O–H groups in total. The predicted molar refractivity (Wildman–Crippen MR) is 89.8 cm³/mol. The third kappa shape index (κ3) is 3.59. The molecular formula is C18H23N3O3. The second-order valence-corrected chi connectivity index (χ2v) is 6.24. The summed E-state index contributed by atoms with van der Waals surface area (Å²) < 4.78 is 7.38. The highest BCUT2D eigenvalue weighted by Crippen LogP contribution is 2.21. The molecule has 0 aliphatic carbocycles. The van der Waals surface area contributed by atoms with E-state index in [1.165, 1.54) is 0 Å². The van der Waals surface area contributed by atoms with Crippen molar-refractivity contribution in [3.8, 4) is 5.75 Å². The summed E-state index contributed by atoms with van der Waals surface area (Å²) in [6.45, 7) is 3.49. The van der Waals surface area contributed by atoms with E-state index in [0.29, 0.717) is 18.8 Å². The first-order valence-corrected chi connectivity index (χ1v) is 8.23. The van der Waals surface area contributed by atoms with Crippen molar-refractivity contribution in [1.29, 1.82) is 0 Å². The van der Waals surface area contributed by atoms with Crippen molar-refractivity contribution < 1.29 is 14.6 Å². The number of aromatic nitrogens is 2. The Kier molecular flexibility index (Phi) is 4.85. The monoisotopic (exact) mass is 329 g/mol. The maximum Gasteiger partial charge on any atom is 0.274 e. The number of hydrogen-bond acceptors (Lipinski definition) is 4. The van der Waals surface area contributed by atoms with E-state index in [0.717, 1.165) is 30.7 Å². The topological polar surface area (TPSA) is 67.6 Å². The average Bonchev–Trinajstić information content (AvgIpc) is 3.18. The number of carbonyl (C=O) groups excluding carboxylic acids is 1. The van der Waals surface area contributed by atoms with Crippen LogP contribution in [0.15, 0.2) is 30.3 Å². The van der Waals surface area contributed by atoms with Crippen molar-refractivity contribution in [1.82, 2.24) is 14.7 Å². The zero-order chi connectivity index (χ0) is 17.1. The molecule has 0 saturated carbocycles. The molecule has 6 nitrogen and oxygen atoms in total. The third-order valence-electron chi connectivity index (χ3n) is 4.42. The van der Waals surface area contributed by atoms with Crippen LogP contribution in [-0.2, 0) is 18.3 Å². The first-order chi connectivity index (χ1) is 11.5. The number of carbonyl (C=O) groups is 1. The maximum absolute atomic E-state index is 12.9. The lowest BCUT2D eigenvalue weighted by Crippen LogP contribution is -2.37. The summed E-state index contributed by atoms with van der Waals surface area (Å²) in [5.41, 5.74) is 2.07. The molecule has 6 heteroatoms. The van der Waals surface area contributed by atoms with Gasteiger partial charge in [-0.15, -0.1) is 0 Å². The SMILES string of the molecule is Cc1cc(C(=O)N(Cc2ccccc2O)C[C@H]2CCCO2)nn1C. The number of nitrogens with zero attached hydrogens (tertiary/aromatic N) is 3. The van der Waals surface area contributed by atoms with Crippen molar-refractivity contribution in [3.05, 3.63) is 47.3 Å². The van der Waals surface area contributed by atoms with Crippen LogP contribution in [0.5, 0.6) is 5.75 Å². The standard InChI is InChI=1S/C18H23N3O3/c1-13-10-16(19-20(13)2)18(23)21(12-15-7-5-9-24-15)11-14-6-3-4-8-17(14)22/h3-4,6,8,10,15,22H,5,7,9,11-12H2,1-2H3/t15-/m1/s1. The molecule has 128 valence electrons. The van der Waals surface area contributed by atoms with Gasteiger partial charge in [-0.2, -0.15) is 5.10 Å². The van der Waals surface area contributed by atoms with E-state index in [-0.39, 0.29) is 17.8 Å². The summed E-state index contributed by atoms with van der Waals surface area (Å²) >= 11 is 0. The lowest BCUT2D eigenvalue weighted by atomic mass is 10.1. The predicted octanol–water partition coefficient (Wildman–Crippen LogP) is 2.26. The Hall–Kier alpha value is -2.34. The number of aryl methyl sites for hydroxylation is 2. The second kappa shape index (κ2) is 7.05. The first-order valence-electron chi connectivity index (χ1n) is 8.23. The van der Waals surface area contributed by atoms with Gasteiger partial charge in [0.15, 0.2) is 5.69 Å². The van der Waals surface area contributed by atoms with Gasteiger partial charge >= 0.3 is 0 Å². The summed E-state index contributed by atoms with van der Waals surface area (Å²) in [5, 5.41) is 14.3. The van der Waals surface area contributed by atoms with E-state index in [2.05, 4.69) is 5.10 Å². The van der Waals surface area contributed by atoms with Gasteiger partial charge in [0.2, 0.25) is 0 Å². The highest BCUT2D eigenvalue weighted by Gasteiger charge is 2.25. The van der Waals surface area contributed by atoms with Crippen LogP contribution in [0.3, 0.4) is 0 Å². The smallest absolute Gasteiger partial charge is 0.274 e. The second-order valence-electron chi connectivity index (χ2n) is 6.24. The number of hydrogen-bond donors (Lipinski definition) is 1. The van der Waals surface area contributed by atoms with Crippen LogP contribution in [0.25, 0.3) is 0 Å². The van der Waals surface area contributed by atoms with Gasteiger partial charge in [0.1, 0.15) is 5.75 Å². The molecular weight excluding hydrogens is 306 g/mol. The Balaban J connectivity index is 1.83. The van der Waals surface area contributed by atoms with Gasteiger partial charge in [0.25, 0.3) is 5.91 Å². The number of para-hydroxylation sites is 1. The van der Waals surface area contributed by atoms with E-state index in [4.69, 9.17) is 4.74 Å². The quantitative estimate of drug-likeness (QED) is 0.913. The molecule has 1 saturated heterocycles. The van der Waals surface area contributed by atoms with Crippen molar-refractivity contribution in [3.63, 3.8) is 0 Å². The maximum atomic E-state index is 12.9. The average molecular weight is 329 g/mol. The van der Waals surface area contributed by atoms with E-state index in [1.807, 2.05) is 26.1 Å². The van der Waals surface area contributed by atoms with Crippen LogP contribution in [0.2, 0.25) is 0 Å². The van der Waals surface area contributed by atoms with Crippen LogP contribution in [-0.4, -0.2) is 44.9 Å². The Labute approximate surface area is 141 Å². The summed E-state index contributed by atoms with van der Waals surface area (Å²) in [6, 6.07) is 8.88. The molecule has 1 aromatic carbocycles. The Bertz CT molecular complexity index is 701. The van der Waals surface area contributed by atoms with Crippen molar-refractivity contribution >= 4 is 5.91 Å². The fourth-order valence-electron chi connectivity index (χ4n) is 2.93. The van der Waals surface area contributed by atoms with Gasteiger partial charge in [-0.3, -0.25) is 9.48 Å². The van der Waals surface area contributed by atoms with Crippen LogP contribution < -0.4 is 0 Å². The lowest BCUT2D eigenvalue weighted by molar-refractivity contribution is 0.0501. The zero-order valence-corrected chi connectivity index (χ0v) is 14.1. The minimum atomic E-state index is -0.141.